The minimum atomic E-state index is 0.581. The molecule has 0 spiro atoms. The van der Waals surface area contributed by atoms with E-state index in [1.807, 2.05) is 37.3 Å². The van der Waals surface area contributed by atoms with Gasteiger partial charge in [0, 0.05) is 35.8 Å². The van der Waals surface area contributed by atoms with Gasteiger partial charge in [0.25, 0.3) is 0 Å². The van der Waals surface area contributed by atoms with Gasteiger partial charge in [-0.15, -0.1) is 0 Å². The summed E-state index contributed by atoms with van der Waals surface area (Å²) in [7, 11) is 0. The van der Waals surface area contributed by atoms with Gasteiger partial charge in [0.15, 0.2) is 5.65 Å². The van der Waals surface area contributed by atoms with Crippen LogP contribution in [0.15, 0.2) is 61.1 Å². The van der Waals surface area contributed by atoms with E-state index in [4.69, 9.17) is 4.74 Å². The number of aromatic amines is 1. The number of aromatic nitrogens is 4. The molecule has 1 N–H and O–H groups in total. The maximum Gasteiger partial charge on any atom is 0.213 e. The predicted molar refractivity (Wildman–Crippen MR) is 93.7 cm³/mol. The highest BCUT2D eigenvalue weighted by Crippen LogP contribution is 2.37. The lowest BCUT2D eigenvalue weighted by Gasteiger charge is -2.07. The van der Waals surface area contributed by atoms with Crippen LogP contribution in [-0.2, 0) is 0 Å². The van der Waals surface area contributed by atoms with Crippen molar-refractivity contribution in [3.05, 3.63) is 61.1 Å². The smallest absolute Gasteiger partial charge is 0.213 e. The van der Waals surface area contributed by atoms with Crippen molar-refractivity contribution in [1.29, 1.82) is 0 Å². The van der Waals surface area contributed by atoms with Crippen molar-refractivity contribution in [2.45, 2.75) is 6.92 Å². The van der Waals surface area contributed by atoms with Crippen molar-refractivity contribution < 1.29 is 4.74 Å². The van der Waals surface area contributed by atoms with Crippen LogP contribution in [0.5, 0.6) is 5.88 Å². The summed E-state index contributed by atoms with van der Waals surface area (Å²) in [5, 5.41) is 0. The van der Waals surface area contributed by atoms with E-state index in [0.717, 1.165) is 33.5 Å². The largest absolute Gasteiger partial charge is 0.478 e. The maximum atomic E-state index is 5.53. The van der Waals surface area contributed by atoms with Gasteiger partial charge in [-0.3, -0.25) is 4.98 Å². The predicted octanol–water partition coefficient (Wildman–Crippen LogP) is 4.09. The zero-order chi connectivity index (χ0) is 16.4. The van der Waals surface area contributed by atoms with Crippen molar-refractivity contribution in [3.63, 3.8) is 0 Å². The molecule has 0 aliphatic carbocycles. The standard InChI is InChI=1S/C19H16N4O/c1-2-24-15-12-14(8-9-20-15)17-16(13-6-4-3-5-7-13)18-19(23-17)22-11-10-21-18/h3-12H,2H2,1H3,(H,22,23). The molecule has 0 saturated heterocycles. The Bertz CT molecular complexity index is 979. The maximum absolute atomic E-state index is 5.53. The molecule has 5 nitrogen and oxygen atoms in total. The van der Waals surface area contributed by atoms with Crippen LogP contribution in [0.3, 0.4) is 0 Å². The van der Waals surface area contributed by atoms with Gasteiger partial charge in [-0.1, -0.05) is 30.3 Å². The lowest BCUT2D eigenvalue weighted by molar-refractivity contribution is 0.327. The van der Waals surface area contributed by atoms with Gasteiger partial charge in [-0.2, -0.15) is 0 Å². The number of hydrogen-bond acceptors (Lipinski definition) is 4. The number of rotatable bonds is 4. The molecule has 0 amide bonds. The van der Waals surface area contributed by atoms with Crippen LogP contribution in [0.4, 0.5) is 0 Å². The summed E-state index contributed by atoms with van der Waals surface area (Å²) < 4.78 is 5.53. The van der Waals surface area contributed by atoms with Crippen molar-refractivity contribution in [2.24, 2.45) is 0 Å². The number of H-pyrrole nitrogens is 1. The summed E-state index contributed by atoms with van der Waals surface area (Å²) in [6.45, 7) is 2.53. The SMILES string of the molecule is CCOc1cc(-c2[nH]c3nccnc3c2-c2ccccc2)ccn1. The highest BCUT2D eigenvalue weighted by Gasteiger charge is 2.17. The molecule has 0 saturated carbocycles. The molecule has 3 heterocycles. The second-order valence-corrected chi connectivity index (χ2v) is 5.31. The zero-order valence-electron chi connectivity index (χ0n) is 13.2. The third-order valence-corrected chi connectivity index (χ3v) is 3.81. The van der Waals surface area contributed by atoms with Gasteiger partial charge >= 0.3 is 0 Å². The lowest BCUT2D eigenvalue weighted by atomic mass is 10.0. The van der Waals surface area contributed by atoms with Crippen LogP contribution >= 0.6 is 0 Å². The van der Waals surface area contributed by atoms with E-state index < -0.39 is 0 Å². The number of hydrogen-bond donors (Lipinski definition) is 1. The van der Waals surface area contributed by atoms with Gasteiger partial charge in [-0.05, 0) is 18.6 Å². The Morgan fingerprint density at radius 3 is 2.58 bits per heavy atom. The van der Waals surface area contributed by atoms with Crippen LogP contribution in [0.25, 0.3) is 33.5 Å². The molecule has 24 heavy (non-hydrogen) atoms. The van der Waals surface area contributed by atoms with Crippen LogP contribution < -0.4 is 4.74 Å². The molecule has 4 aromatic rings. The van der Waals surface area contributed by atoms with Gasteiger partial charge < -0.3 is 9.72 Å². The number of benzene rings is 1. The number of nitrogens with zero attached hydrogens (tertiary/aromatic N) is 3. The molecule has 0 atom stereocenters. The minimum Gasteiger partial charge on any atom is -0.478 e. The molecule has 0 aliphatic rings. The minimum absolute atomic E-state index is 0.581. The van der Waals surface area contributed by atoms with Crippen LogP contribution in [0.2, 0.25) is 0 Å². The van der Waals surface area contributed by atoms with Crippen molar-refractivity contribution >= 4 is 11.2 Å². The van der Waals surface area contributed by atoms with Gasteiger partial charge in [0.2, 0.25) is 5.88 Å². The molecule has 0 fully saturated rings. The molecular formula is C19H16N4O. The molecule has 5 heteroatoms. The van der Waals surface area contributed by atoms with Crippen LogP contribution in [0.1, 0.15) is 6.92 Å². The first-order chi connectivity index (χ1) is 11.9. The molecule has 0 bridgehead atoms. The fourth-order valence-corrected chi connectivity index (χ4v) is 2.81. The summed E-state index contributed by atoms with van der Waals surface area (Å²) in [4.78, 5) is 16.6. The molecule has 0 radical (unpaired) electrons. The molecule has 4 rings (SSSR count). The van der Waals surface area contributed by atoms with Gasteiger partial charge in [0.05, 0.1) is 12.3 Å². The molecule has 118 valence electrons. The Labute approximate surface area is 139 Å². The fourth-order valence-electron chi connectivity index (χ4n) is 2.81. The quantitative estimate of drug-likeness (QED) is 0.616. The summed E-state index contributed by atoms with van der Waals surface area (Å²) in [6, 6.07) is 14.1. The Kier molecular flexibility index (Phi) is 3.67. The van der Waals surface area contributed by atoms with Crippen LogP contribution in [0, 0.1) is 0 Å². The van der Waals surface area contributed by atoms with Gasteiger partial charge in [0.1, 0.15) is 5.52 Å². The highest BCUT2D eigenvalue weighted by atomic mass is 16.5. The first-order valence-corrected chi connectivity index (χ1v) is 7.84. The normalized spacial score (nSPS) is 10.9. The van der Waals surface area contributed by atoms with Crippen molar-refractivity contribution in [3.8, 4) is 28.3 Å². The highest BCUT2D eigenvalue weighted by molar-refractivity contribution is 6.00. The fraction of sp³-hybridized carbons (Fsp3) is 0.105. The van der Waals surface area contributed by atoms with Crippen molar-refractivity contribution in [2.75, 3.05) is 6.61 Å². The Hall–Kier alpha value is -3.21. The summed E-state index contributed by atoms with van der Waals surface area (Å²) in [6.07, 6.45) is 5.15. The average Bonchev–Trinajstić information content (AvgIpc) is 3.02. The Morgan fingerprint density at radius 2 is 1.75 bits per heavy atom. The van der Waals surface area contributed by atoms with E-state index in [0.29, 0.717) is 12.5 Å². The third kappa shape index (κ3) is 2.50. The van der Waals surface area contributed by atoms with E-state index >= 15 is 0 Å². The third-order valence-electron chi connectivity index (χ3n) is 3.81. The second kappa shape index (κ2) is 6.12. The summed E-state index contributed by atoms with van der Waals surface area (Å²) in [5.41, 5.74) is 5.70. The molecule has 1 aromatic carbocycles. The summed E-state index contributed by atoms with van der Waals surface area (Å²) in [5.74, 6) is 0.605. The molecule has 0 aliphatic heterocycles. The Balaban J connectivity index is 1.97. The molecule has 0 unspecified atom stereocenters. The number of pyridine rings is 1. The monoisotopic (exact) mass is 316 g/mol. The van der Waals surface area contributed by atoms with E-state index in [-0.39, 0.29) is 0 Å². The Morgan fingerprint density at radius 1 is 0.917 bits per heavy atom. The molecule has 3 aromatic heterocycles. The van der Waals surface area contributed by atoms with Crippen molar-refractivity contribution in [1.82, 2.24) is 19.9 Å². The second-order valence-electron chi connectivity index (χ2n) is 5.31. The van der Waals surface area contributed by atoms with E-state index in [1.54, 1.807) is 18.6 Å². The van der Waals surface area contributed by atoms with E-state index in [9.17, 15) is 0 Å². The van der Waals surface area contributed by atoms with Gasteiger partial charge in [-0.25, -0.2) is 9.97 Å². The first-order valence-electron chi connectivity index (χ1n) is 7.84. The molecular weight excluding hydrogens is 300 g/mol. The zero-order valence-corrected chi connectivity index (χ0v) is 13.2. The topological polar surface area (TPSA) is 63.7 Å². The number of nitrogens with one attached hydrogen (secondary N) is 1. The number of ether oxygens (including phenoxy) is 1. The van der Waals surface area contributed by atoms with E-state index in [2.05, 4.69) is 32.1 Å². The van der Waals surface area contributed by atoms with E-state index in [1.165, 1.54) is 0 Å². The number of fused-ring (bicyclic) bond motifs is 1. The lowest BCUT2D eigenvalue weighted by Crippen LogP contribution is -1.94. The average molecular weight is 316 g/mol. The first kappa shape index (κ1) is 14.4. The summed E-state index contributed by atoms with van der Waals surface area (Å²) >= 11 is 0. The van der Waals surface area contributed by atoms with Crippen LogP contribution in [-0.4, -0.2) is 26.5 Å².